The Kier molecular flexibility index (Phi) is 4.49. The van der Waals surface area contributed by atoms with Gasteiger partial charge < -0.3 is 11.1 Å². The molecule has 1 aromatic carbocycles. The second-order valence-electron chi connectivity index (χ2n) is 2.92. The molecule has 0 radical (unpaired) electrons. The molecule has 3 nitrogen and oxygen atoms in total. The molecule has 4 heteroatoms. The van der Waals surface area contributed by atoms with Crippen molar-refractivity contribution >= 4 is 17.8 Å². The molecule has 0 heterocycles. The first-order chi connectivity index (χ1) is 6.76. The molecule has 0 aromatic heterocycles. The second-order valence-corrected chi connectivity index (χ2v) is 3.34. The SMILES string of the molecule is C/N=C(\S)NCc1ccc(CN)cc1. The lowest BCUT2D eigenvalue weighted by atomic mass is 10.1. The Hall–Kier alpha value is -1.00. The van der Waals surface area contributed by atoms with Crippen LogP contribution < -0.4 is 11.1 Å². The molecule has 1 rings (SSSR count). The number of aliphatic imine (C=N–C) groups is 1. The maximum Gasteiger partial charge on any atom is 0.153 e. The average molecular weight is 209 g/mol. The van der Waals surface area contributed by atoms with Crippen LogP contribution in [0, 0.1) is 0 Å². The molecule has 0 aliphatic rings. The van der Waals surface area contributed by atoms with Crippen molar-refractivity contribution in [3.8, 4) is 0 Å². The number of nitrogens with zero attached hydrogens (tertiary/aromatic N) is 1. The lowest BCUT2D eigenvalue weighted by Crippen LogP contribution is -2.17. The summed E-state index contributed by atoms with van der Waals surface area (Å²) in [6.07, 6.45) is 0. The van der Waals surface area contributed by atoms with Crippen molar-refractivity contribution in [2.45, 2.75) is 13.1 Å². The summed E-state index contributed by atoms with van der Waals surface area (Å²) in [5, 5.41) is 3.72. The predicted octanol–water partition coefficient (Wildman–Crippen LogP) is 1.15. The number of thiol groups is 1. The quantitative estimate of drug-likeness (QED) is 0.397. The minimum absolute atomic E-state index is 0.585. The summed E-state index contributed by atoms with van der Waals surface area (Å²) in [5.74, 6) is 0. The van der Waals surface area contributed by atoms with Gasteiger partial charge >= 0.3 is 0 Å². The van der Waals surface area contributed by atoms with Crippen molar-refractivity contribution in [1.82, 2.24) is 5.32 Å². The van der Waals surface area contributed by atoms with Crippen LogP contribution in [0.4, 0.5) is 0 Å². The van der Waals surface area contributed by atoms with Gasteiger partial charge in [-0.15, -0.1) is 12.6 Å². The molecule has 0 saturated heterocycles. The fourth-order valence-electron chi connectivity index (χ4n) is 1.05. The second kappa shape index (κ2) is 5.67. The van der Waals surface area contributed by atoms with E-state index in [0.29, 0.717) is 11.7 Å². The summed E-state index contributed by atoms with van der Waals surface area (Å²) in [4.78, 5) is 3.89. The molecule has 1 aromatic rings. The van der Waals surface area contributed by atoms with Gasteiger partial charge in [0.25, 0.3) is 0 Å². The van der Waals surface area contributed by atoms with Gasteiger partial charge in [0.15, 0.2) is 5.17 Å². The Morgan fingerprint density at radius 2 is 1.93 bits per heavy atom. The number of amidine groups is 1. The van der Waals surface area contributed by atoms with Crippen LogP contribution in [-0.2, 0) is 13.1 Å². The van der Waals surface area contributed by atoms with E-state index in [1.165, 1.54) is 5.56 Å². The van der Waals surface area contributed by atoms with Crippen LogP contribution in [0.3, 0.4) is 0 Å². The van der Waals surface area contributed by atoms with Crippen LogP contribution in [0.5, 0.6) is 0 Å². The van der Waals surface area contributed by atoms with Crippen LogP contribution in [0.15, 0.2) is 29.3 Å². The van der Waals surface area contributed by atoms with E-state index in [4.69, 9.17) is 5.73 Å². The van der Waals surface area contributed by atoms with E-state index in [1.54, 1.807) is 7.05 Å². The molecule has 3 N–H and O–H groups in total. The van der Waals surface area contributed by atoms with Crippen molar-refractivity contribution in [2.75, 3.05) is 7.05 Å². The number of nitrogens with two attached hydrogens (primary N) is 1. The maximum absolute atomic E-state index is 5.50. The van der Waals surface area contributed by atoms with Crippen molar-refractivity contribution in [3.63, 3.8) is 0 Å². The lowest BCUT2D eigenvalue weighted by molar-refractivity contribution is 0.922. The number of hydrogen-bond donors (Lipinski definition) is 3. The van der Waals surface area contributed by atoms with Crippen LogP contribution >= 0.6 is 12.6 Å². The molecule has 0 spiro atoms. The summed E-state index contributed by atoms with van der Waals surface area (Å²) in [6.45, 7) is 1.32. The van der Waals surface area contributed by atoms with Crippen molar-refractivity contribution in [2.24, 2.45) is 10.7 Å². The van der Waals surface area contributed by atoms with Gasteiger partial charge in [0.1, 0.15) is 0 Å². The Balaban J connectivity index is 2.52. The summed E-state index contributed by atoms with van der Waals surface area (Å²) in [7, 11) is 1.70. The summed E-state index contributed by atoms with van der Waals surface area (Å²) >= 11 is 4.12. The number of rotatable bonds is 3. The lowest BCUT2D eigenvalue weighted by Gasteiger charge is -2.04. The van der Waals surface area contributed by atoms with E-state index in [2.05, 4.69) is 22.9 Å². The summed E-state index contributed by atoms with van der Waals surface area (Å²) < 4.78 is 0. The number of nitrogens with one attached hydrogen (secondary N) is 1. The molecule has 0 unspecified atom stereocenters. The van der Waals surface area contributed by atoms with E-state index < -0.39 is 0 Å². The molecule has 0 aliphatic carbocycles. The first-order valence-electron chi connectivity index (χ1n) is 4.43. The molecular weight excluding hydrogens is 194 g/mol. The minimum Gasteiger partial charge on any atom is -0.361 e. The van der Waals surface area contributed by atoms with Gasteiger partial charge in [-0.05, 0) is 11.1 Å². The Morgan fingerprint density at radius 1 is 1.36 bits per heavy atom. The fourth-order valence-corrected chi connectivity index (χ4v) is 1.13. The Morgan fingerprint density at radius 3 is 2.43 bits per heavy atom. The number of benzene rings is 1. The van der Waals surface area contributed by atoms with E-state index in [1.807, 2.05) is 24.3 Å². The zero-order valence-electron chi connectivity index (χ0n) is 8.20. The third-order valence-electron chi connectivity index (χ3n) is 1.92. The monoisotopic (exact) mass is 209 g/mol. The Bertz CT molecular complexity index is 306. The van der Waals surface area contributed by atoms with E-state index in [9.17, 15) is 0 Å². The maximum atomic E-state index is 5.50. The third-order valence-corrected chi connectivity index (χ3v) is 2.28. The average Bonchev–Trinajstić information content (AvgIpc) is 2.26. The highest BCUT2D eigenvalue weighted by atomic mass is 32.1. The van der Waals surface area contributed by atoms with Gasteiger partial charge in [0.05, 0.1) is 0 Å². The van der Waals surface area contributed by atoms with E-state index in [0.717, 1.165) is 12.1 Å². The van der Waals surface area contributed by atoms with Crippen LogP contribution in [0.25, 0.3) is 0 Å². The standard InChI is InChI=1S/C10H15N3S/c1-12-10(14)13-7-9-4-2-8(6-11)3-5-9/h2-5H,6-7,11H2,1H3,(H2,12,13,14). The van der Waals surface area contributed by atoms with Gasteiger partial charge in [-0.25, -0.2) is 0 Å². The Labute approximate surface area is 89.8 Å². The first kappa shape index (κ1) is 11.1. The largest absolute Gasteiger partial charge is 0.361 e. The molecular formula is C10H15N3S. The van der Waals surface area contributed by atoms with Crippen LogP contribution in [0.2, 0.25) is 0 Å². The highest BCUT2D eigenvalue weighted by Crippen LogP contribution is 2.03. The van der Waals surface area contributed by atoms with Crippen molar-refractivity contribution in [3.05, 3.63) is 35.4 Å². The van der Waals surface area contributed by atoms with Crippen molar-refractivity contribution in [1.29, 1.82) is 0 Å². The smallest absolute Gasteiger partial charge is 0.153 e. The molecule has 0 amide bonds. The minimum atomic E-state index is 0.585. The van der Waals surface area contributed by atoms with Gasteiger partial charge in [-0.1, -0.05) is 24.3 Å². The summed E-state index contributed by atoms with van der Waals surface area (Å²) in [5.41, 5.74) is 7.83. The van der Waals surface area contributed by atoms with Gasteiger partial charge in [0.2, 0.25) is 0 Å². The first-order valence-corrected chi connectivity index (χ1v) is 4.88. The molecule has 0 bridgehead atoms. The molecule has 0 atom stereocenters. The zero-order valence-corrected chi connectivity index (χ0v) is 9.09. The summed E-state index contributed by atoms with van der Waals surface area (Å²) in [6, 6.07) is 8.15. The molecule has 0 saturated carbocycles. The molecule has 76 valence electrons. The normalized spacial score (nSPS) is 11.5. The highest BCUT2D eigenvalue weighted by Gasteiger charge is 1.94. The predicted molar refractivity (Wildman–Crippen MR) is 63.5 cm³/mol. The molecule has 0 aliphatic heterocycles. The van der Waals surface area contributed by atoms with Gasteiger partial charge in [0, 0.05) is 20.1 Å². The van der Waals surface area contributed by atoms with Crippen LogP contribution in [-0.4, -0.2) is 12.2 Å². The zero-order chi connectivity index (χ0) is 10.4. The molecule has 14 heavy (non-hydrogen) atoms. The van der Waals surface area contributed by atoms with Crippen LogP contribution in [0.1, 0.15) is 11.1 Å². The topological polar surface area (TPSA) is 50.4 Å². The fraction of sp³-hybridized carbons (Fsp3) is 0.300. The van der Waals surface area contributed by atoms with Gasteiger partial charge in [-0.2, -0.15) is 0 Å². The van der Waals surface area contributed by atoms with E-state index >= 15 is 0 Å². The van der Waals surface area contributed by atoms with E-state index in [-0.39, 0.29) is 0 Å². The number of hydrogen-bond acceptors (Lipinski definition) is 2. The molecule has 0 fully saturated rings. The van der Waals surface area contributed by atoms with Crippen molar-refractivity contribution < 1.29 is 0 Å². The third kappa shape index (κ3) is 3.40. The highest BCUT2D eigenvalue weighted by molar-refractivity contribution is 7.96. The van der Waals surface area contributed by atoms with Gasteiger partial charge in [-0.3, -0.25) is 4.99 Å².